The Balaban J connectivity index is 1.56. The van der Waals surface area contributed by atoms with E-state index in [2.05, 4.69) is 16.0 Å². The van der Waals surface area contributed by atoms with Crippen LogP contribution in [0.5, 0.6) is 0 Å². The monoisotopic (exact) mass is 519 g/mol. The van der Waals surface area contributed by atoms with Crippen LogP contribution in [0.3, 0.4) is 0 Å². The SMILES string of the molecule is O=C(N[C@@H]1C(=O)N(S(=O)(=O)O)[C@H]1Sc1ccccc1)C(NC(=O)N1CCNC1=O)c1ccccc1. The van der Waals surface area contributed by atoms with Crippen molar-refractivity contribution < 1.29 is 32.1 Å². The van der Waals surface area contributed by atoms with E-state index in [0.717, 1.165) is 16.7 Å². The summed E-state index contributed by atoms with van der Waals surface area (Å²) in [7, 11) is -4.87. The van der Waals surface area contributed by atoms with Crippen LogP contribution in [0.15, 0.2) is 65.6 Å². The van der Waals surface area contributed by atoms with Crippen LogP contribution in [-0.2, 0) is 19.9 Å². The first-order valence-electron chi connectivity index (χ1n) is 10.4. The van der Waals surface area contributed by atoms with Crippen molar-refractivity contribution in [3.63, 3.8) is 0 Å². The van der Waals surface area contributed by atoms with Gasteiger partial charge in [0.05, 0.1) is 0 Å². The van der Waals surface area contributed by atoms with Gasteiger partial charge in [0.1, 0.15) is 17.5 Å². The molecule has 0 bridgehead atoms. The first kappa shape index (κ1) is 24.5. The number of carbonyl (C=O) groups excluding carboxylic acids is 4. The fraction of sp³-hybridized carbons (Fsp3) is 0.238. The van der Waals surface area contributed by atoms with Gasteiger partial charge in [-0.2, -0.15) is 12.7 Å². The van der Waals surface area contributed by atoms with Crippen LogP contribution < -0.4 is 16.0 Å². The maximum atomic E-state index is 13.2. The van der Waals surface area contributed by atoms with E-state index >= 15 is 0 Å². The molecular weight excluding hydrogens is 498 g/mol. The number of hydrogen-bond acceptors (Lipinski definition) is 7. The lowest BCUT2D eigenvalue weighted by Gasteiger charge is -2.44. The van der Waals surface area contributed by atoms with E-state index in [1.807, 2.05) is 0 Å². The standard InChI is InChI=1S/C21H21N5O7S2/c27-17(15(13-7-3-1-4-8-13)24-21(30)25-12-11-22-20(25)29)23-16-18(28)26(35(31,32)33)19(16)34-14-9-5-2-6-10-14/h1-10,15-16,19H,11-12H2,(H,22,29)(H,23,27)(H,24,30)(H,31,32,33)/t15?,16-,19+/m1/s1. The second-order valence-corrected chi connectivity index (χ2v) is 10.1. The lowest BCUT2D eigenvalue weighted by molar-refractivity contribution is -0.142. The van der Waals surface area contributed by atoms with Crippen LogP contribution in [0.25, 0.3) is 0 Å². The number of hydrogen-bond donors (Lipinski definition) is 4. The summed E-state index contributed by atoms with van der Waals surface area (Å²) in [4.78, 5) is 51.8. The lowest BCUT2D eigenvalue weighted by atomic mass is 10.0. The summed E-state index contributed by atoms with van der Waals surface area (Å²) in [6.07, 6.45) is 0. The highest BCUT2D eigenvalue weighted by Crippen LogP contribution is 2.37. The van der Waals surface area contributed by atoms with Gasteiger partial charge in [0.25, 0.3) is 5.91 Å². The molecule has 35 heavy (non-hydrogen) atoms. The fourth-order valence-corrected chi connectivity index (χ4v) is 5.91. The molecule has 2 aliphatic heterocycles. The molecular formula is C21H21N5O7S2. The molecule has 0 saturated carbocycles. The molecule has 4 rings (SSSR count). The smallest absolute Gasteiger partial charge is 0.340 e. The molecule has 14 heteroatoms. The summed E-state index contributed by atoms with van der Waals surface area (Å²) in [6, 6.07) is 12.7. The van der Waals surface area contributed by atoms with Crippen molar-refractivity contribution >= 4 is 45.9 Å². The summed E-state index contributed by atoms with van der Waals surface area (Å²) in [5.41, 5.74) is 0.378. The van der Waals surface area contributed by atoms with Gasteiger partial charge in [-0.1, -0.05) is 60.3 Å². The predicted molar refractivity (Wildman–Crippen MR) is 124 cm³/mol. The van der Waals surface area contributed by atoms with E-state index < -0.39 is 51.6 Å². The van der Waals surface area contributed by atoms with Gasteiger partial charge < -0.3 is 16.0 Å². The highest BCUT2D eigenvalue weighted by molar-refractivity contribution is 8.00. The topological polar surface area (TPSA) is 165 Å². The molecule has 2 aromatic rings. The summed E-state index contributed by atoms with van der Waals surface area (Å²) < 4.78 is 33.3. The van der Waals surface area contributed by atoms with Crippen molar-refractivity contribution in [2.24, 2.45) is 0 Å². The minimum atomic E-state index is -4.87. The van der Waals surface area contributed by atoms with Crippen molar-refractivity contribution in [2.75, 3.05) is 13.1 Å². The van der Waals surface area contributed by atoms with E-state index in [-0.39, 0.29) is 13.1 Å². The minimum Gasteiger partial charge on any atom is -0.340 e. The van der Waals surface area contributed by atoms with Crippen LogP contribution in [0, 0.1) is 0 Å². The maximum absolute atomic E-state index is 13.2. The van der Waals surface area contributed by atoms with Gasteiger partial charge in [0.15, 0.2) is 0 Å². The number of β-lactam (4-membered cyclic amide) rings is 1. The Kier molecular flexibility index (Phi) is 6.95. The number of carbonyl (C=O) groups is 4. The van der Waals surface area contributed by atoms with Crippen molar-refractivity contribution in [3.05, 3.63) is 66.2 Å². The summed E-state index contributed by atoms with van der Waals surface area (Å²) in [5, 5.41) is 6.32. The Morgan fingerprint density at radius 3 is 2.26 bits per heavy atom. The zero-order valence-electron chi connectivity index (χ0n) is 18.0. The van der Waals surface area contributed by atoms with Gasteiger partial charge in [-0.3, -0.25) is 14.1 Å². The van der Waals surface area contributed by atoms with Crippen LogP contribution in [-0.4, -0.2) is 70.6 Å². The molecule has 2 aromatic carbocycles. The van der Waals surface area contributed by atoms with Gasteiger partial charge in [0, 0.05) is 18.0 Å². The Bertz CT molecular complexity index is 1240. The zero-order valence-corrected chi connectivity index (χ0v) is 19.7. The number of rotatable bonds is 7. The van der Waals surface area contributed by atoms with Gasteiger partial charge in [-0.25, -0.2) is 14.5 Å². The second-order valence-electron chi connectivity index (χ2n) is 7.60. The molecule has 2 heterocycles. The molecule has 184 valence electrons. The van der Waals surface area contributed by atoms with Crippen LogP contribution in [0.2, 0.25) is 0 Å². The number of benzene rings is 2. The Morgan fingerprint density at radius 2 is 1.69 bits per heavy atom. The van der Waals surface area contributed by atoms with Crippen molar-refractivity contribution in [2.45, 2.75) is 22.4 Å². The molecule has 1 unspecified atom stereocenters. The largest absolute Gasteiger partial charge is 0.363 e. The average Bonchev–Trinajstić information content (AvgIpc) is 3.26. The van der Waals surface area contributed by atoms with E-state index in [1.54, 1.807) is 60.7 Å². The number of nitrogens with one attached hydrogen (secondary N) is 3. The number of amides is 6. The summed E-state index contributed by atoms with van der Waals surface area (Å²) >= 11 is 0.964. The second kappa shape index (κ2) is 9.93. The van der Waals surface area contributed by atoms with Crippen LogP contribution in [0.1, 0.15) is 11.6 Å². The molecule has 0 aliphatic carbocycles. The van der Waals surface area contributed by atoms with Crippen LogP contribution in [0.4, 0.5) is 9.59 Å². The molecule has 6 amide bonds. The first-order valence-corrected chi connectivity index (χ1v) is 12.7. The van der Waals surface area contributed by atoms with E-state index in [9.17, 15) is 32.1 Å². The average molecular weight is 520 g/mol. The quantitative estimate of drug-likeness (QED) is 0.307. The molecule has 0 spiro atoms. The molecule has 2 aliphatic rings. The van der Waals surface area contributed by atoms with Crippen LogP contribution >= 0.6 is 11.8 Å². The van der Waals surface area contributed by atoms with E-state index in [0.29, 0.717) is 14.8 Å². The highest BCUT2D eigenvalue weighted by Gasteiger charge is 2.55. The fourth-order valence-electron chi connectivity index (χ4n) is 3.62. The van der Waals surface area contributed by atoms with E-state index in [1.165, 1.54) is 0 Å². The van der Waals surface area contributed by atoms with E-state index in [4.69, 9.17) is 0 Å². The number of nitrogens with zero attached hydrogens (tertiary/aromatic N) is 2. The zero-order chi connectivity index (χ0) is 25.2. The van der Waals surface area contributed by atoms with Gasteiger partial charge >= 0.3 is 22.4 Å². The number of thioether (sulfide) groups is 1. The third-order valence-electron chi connectivity index (χ3n) is 5.31. The lowest BCUT2D eigenvalue weighted by Crippen LogP contribution is -2.71. The summed E-state index contributed by atoms with van der Waals surface area (Å²) in [5.74, 6) is -1.82. The minimum absolute atomic E-state index is 0.119. The molecule has 0 radical (unpaired) electrons. The van der Waals surface area contributed by atoms with Crippen molar-refractivity contribution in [1.29, 1.82) is 0 Å². The third-order valence-corrected chi connectivity index (χ3v) is 7.62. The molecule has 4 N–H and O–H groups in total. The maximum Gasteiger partial charge on any atom is 0.363 e. The van der Waals surface area contributed by atoms with Crippen molar-refractivity contribution in [3.8, 4) is 0 Å². The Labute approximate surface area is 204 Å². The number of urea groups is 2. The van der Waals surface area contributed by atoms with Gasteiger partial charge in [-0.05, 0) is 17.7 Å². The molecule has 2 saturated heterocycles. The molecule has 0 aromatic heterocycles. The predicted octanol–water partition coefficient (Wildman–Crippen LogP) is 0.711. The summed E-state index contributed by atoms with van der Waals surface area (Å²) in [6.45, 7) is 0.392. The highest BCUT2D eigenvalue weighted by atomic mass is 32.2. The molecule has 3 atom stereocenters. The van der Waals surface area contributed by atoms with Gasteiger partial charge in [-0.15, -0.1) is 0 Å². The normalized spacial score (nSPS) is 20.6. The number of imide groups is 1. The van der Waals surface area contributed by atoms with Crippen molar-refractivity contribution in [1.82, 2.24) is 25.2 Å². The molecule has 2 fully saturated rings. The first-order chi connectivity index (χ1) is 16.7. The molecule has 12 nitrogen and oxygen atoms in total. The Morgan fingerprint density at radius 1 is 1.06 bits per heavy atom. The third kappa shape index (κ3) is 5.23. The Hall–Kier alpha value is -3.62. The van der Waals surface area contributed by atoms with Gasteiger partial charge in [0.2, 0.25) is 5.91 Å².